The number of ketones is 1. The Morgan fingerprint density at radius 1 is 0.974 bits per heavy atom. The van der Waals surface area contributed by atoms with Crippen molar-refractivity contribution in [3.05, 3.63) is 12.2 Å². The zero-order chi connectivity index (χ0) is 28.1. The Morgan fingerprint density at radius 3 is 2.21 bits per heavy atom. The summed E-state index contributed by atoms with van der Waals surface area (Å²) >= 11 is 0. The van der Waals surface area contributed by atoms with Gasteiger partial charge in [0.2, 0.25) is 0 Å². The molecule has 0 aromatic heterocycles. The quantitative estimate of drug-likeness (QED) is 0.120. The van der Waals surface area contributed by atoms with Crippen molar-refractivity contribution < 1.29 is 69.4 Å². The van der Waals surface area contributed by atoms with Crippen molar-refractivity contribution in [2.45, 2.75) is 100 Å². The van der Waals surface area contributed by atoms with E-state index in [0.29, 0.717) is 6.42 Å². The SMILES string of the molecule is C/C=C/C(CC1C(=O)CCC1CC(=O)O)O[C@@H]1O[C@H](CO)[C@@H](O[C@@H]2O[C@H](CO)[C@@H](O)[C@H](O)[C@H]2O)[C@H](O)[C@H]1O. The van der Waals surface area contributed by atoms with Gasteiger partial charge in [0.25, 0.3) is 0 Å². The van der Waals surface area contributed by atoms with Crippen LogP contribution in [-0.4, -0.2) is 133 Å². The number of ether oxygens (including phenoxy) is 4. The third-order valence-electron chi connectivity index (χ3n) is 7.34. The first-order chi connectivity index (χ1) is 18.0. The number of hydrogen-bond donors (Lipinski definition) is 8. The molecular weight excluding hydrogens is 512 g/mol. The number of Topliss-reactive ketones (excluding diaryl/α,β-unsaturated/α-hetero) is 1. The molecule has 0 amide bonds. The number of aliphatic hydroxyl groups is 7. The summed E-state index contributed by atoms with van der Waals surface area (Å²) in [5, 5.41) is 80.1. The summed E-state index contributed by atoms with van der Waals surface area (Å²) in [5.74, 6) is -2.03. The molecule has 13 atom stereocenters. The van der Waals surface area contributed by atoms with Gasteiger partial charge in [-0.25, -0.2) is 0 Å². The lowest BCUT2D eigenvalue weighted by Crippen LogP contribution is -2.64. The molecule has 0 spiro atoms. The van der Waals surface area contributed by atoms with E-state index in [2.05, 4.69) is 0 Å². The molecule has 2 saturated heterocycles. The summed E-state index contributed by atoms with van der Waals surface area (Å²) in [4.78, 5) is 23.6. The zero-order valence-electron chi connectivity index (χ0n) is 20.9. The maximum atomic E-state index is 12.4. The van der Waals surface area contributed by atoms with Crippen LogP contribution in [0.2, 0.25) is 0 Å². The number of aliphatic carboxylic acids is 1. The van der Waals surface area contributed by atoms with E-state index in [1.165, 1.54) is 0 Å². The highest BCUT2D eigenvalue weighted by Crippen LogP contribution is 2.36. The molecule has 8 N–H and O–H groups in total. The second kappa shape index (κ2) is 13.7. The highest BCUT2D eigenvalue weighted by Gasteiger charge is 2.51. The van der Waals surface area contributed by atoms with Crippen molar-refractivity contribution in [3.63, 3.8) is 0 Å². The lowest BCUT2D eigenvalue weighted by Gasteiger charge is -2.46. The minimum atomic E-state index is -1.78. The van der Waals surface area contributed by atoms with Crippen molar-refractivity contribution >= 4 is 11.8 Å². The monoisotopic (exact) mass is 550 g/mol. The van der Waals surface area contributed by atoms with E-state index in [4.69, 9.17) is 18.9 Å². The molecule has 0 aromatic carbocycles. The van der Waals surface area contributed by atoms with Crippen LogP contribution >= 0.6 is 0 Å². The molecule has 0 aromatic rings. The van der Waals surface area contributed by atoms with Gasteiger partial charge in [-0.15, -0.1) is 0 Å². The smallest absolute Gasteiger partial charge is 0.303 e. The molecule has 218 valence electrons. The highest BCUT2D eigenvalue weighted by atomic mass is 16.7. The number of carbonyl (C=O) groups excluding carboxylic acids is 1. The molecule has 3 unspecified atom stereocenters. The van der Waals surface area contributed by atoms with E-state index in [0.717, 1.165) is 0 Å². The van der Waals surface area contributed by atoms with Crippen molar-refractivity contribution in [3.8, 4) is 0 Å². The van der Waals surface area contributed by atoms with Gasteiger partial charge in [0.1, 0.15) is 54.6 Å². The number of aliphatic hydroxyl groups excluding tert-OH is 7. The minimum absolute atomic E-state index is 0.0827. The normalized spacial score (nSPS) is 43.0. The summed E-state index contributed by atoms with van der Waals surface area (Å²) in [5.41, 5.74) is 0. The Balaban J connectivity index is 1.69. The van der Waals surface area contributed by atoms with E-state index in [9.17, 15) is 50.4 Å². The van der Waals surface area contributed by atoms with Crippen molar-refractivity contribution in [2.24, 2.45) is 11.8 Å². The van der Waals surface area contributed by atoms with Crippen molar-refractivity contribution in [2.75, 3.05) is 13.2 Å². The number of carboxylic acid groups (broad SMARTS) is 1. The maximum absolute atomic E-state index is 12.4. The largest absolute Gasteiger partial charge is 0.481 e. The van der Waals surface area contributed by atoms with Crippen LogP contribution in [0, 0.1) is 11.8 Å². The molecule has 1 saturated carbocycles. The average Bonchev–Trinajstić information content (AvgIpc) is 3.21. The molecule has 2 aliphatic heterocycles. The number of carboxylic acids is 1. The van der Waals surface area contributed by atoms with Gasteiger partial charge in [0, 0.05) is 18.8 Å². The van der Waals surface area contributed by atoms with Crippen LogP contribution in [0.1, 0.15) is 32.6 Å². The third kappa shape index (κ3) is 6.95. The second-order valence-corrected chi connectivity index (χ2v) is 9.91. The van der Waals surface area contributed by atoms with Crippen LogP contribution in [-0.2, 0) is 28.5 Å². The van der Waals surface area contributed by atoms with Gasteiger partial charge in [0.05, 0.1) is 19.3 Å². The Hall–Kier alpha value is -1.56. The Bertz CT molecular complexity index is 818. The van der Waals surface area contributed by atoms with E-state index in [1.54, 1.807) is 19.1 Å². The summed E-state index contributed by atoms with van der Waals surface area (Å²) in [7, 11) is 0. The fourth-order valence-corrected chi connectivity index (χ4v) is 5.25. The van der Waals surface area contributed by atoms with Crippen molar-refractivity contribution in [1.82, 2.24) is 0 Å². The molecule has 1 aliphatic carbocycles. The zero-order valence-corrected chi connectivity index (χ0v) is 20.9. The predicted molar refractivity (Wildman–Crippen MR) is 124 cm³/mol. The lowest BCUT2D eigenvalue weighted by molar-refractivity contribution is -0.361. The van der Waals surface area contributed by atoms with Crippen LogP contribution in [0.15, 0.2) is 12.2 Å². The summed E-state index contributed by atoms with van der Waals surface area (Å²) in [6.07, 6.45) is -12.7. The third-order valence-corrected chi connectivity index (χ3v) is 7.34. The lowest BCUT2D eigenvalue weighted by atomic mass is 9.87. The minimum Gasteiger partial charge on any atom is -0.481 e. The molecule has 38 heavy (non-hydrogen) atoms. The molecular formula is C24H38O14. The van der Waals surface area contributed by atoms with Gasteiger partial charge >= 0.3 is 5.97 Å². The van der Waals surface area contributed by atoms with Gasteiger partial charge in [-0.2, -0.15) is 0 Å². The number of hydrogen-bond acceptors (Lipinski definition) is 13. The standard InChI is InChI=1S/C24H38O14/c1-2-3-11(7-12-10(6-16(28)29)4-5-13(12)27)35-23-21(34)19(32)22(15(9-26)37-23)38-24-20(33)18(31)17(30)14(8-25)36-24/h2-3,10-12,14-15,17-26,30-34H,4-9H2,1H3,(H,28,29)/b3-2+/t10?,11?,12?,14-,15-,17-,18+,19-,20-,21-,22-,23-,24+/m1/s1. The maximum Gasteiger partial charge on any atom is 0.303 e. The predicted octanol–water partition coefficient (Wildman–Crippen LogP) is -2.97. The molecule has 0 bridgehead atoms. The van der Waals surface area contributed by atoms with Gasteiger partial charge < -0.3 is 59.8 Å². The van der Waals surface area contributed by atoms with Crippen LogP contribution in [0.5, 0.6) is 0 Å². The molecule has 14 heteroatoms. The van der Waals surface area contributed by atoms with E-state index >= 15 is 0 Å². The van der Waals surface area contributed by atoms with E-state index in [-0.39, 0.29) is 31.0 Å². The summed E-state index contributed by atoms with van der Waals surface area (Å²) < 4.78 is 22.3. The van der Waals surface area contributed by atoms with Gasteiger partial charge in [-0.1, -0.05) is 12.2 Å². The van der Waals surface area contributed by atoms with E-state index < -0.39 is 92.6 Å². The Labute approximate surface area is 219 Å². The Morgan fingerprint density at radius 2 is 1.61 bits per heavy atom. The number of rotatable bonds is 11. The van der Waals surface area contributed by atoms with Crippen molar-refractivity contribution in [1.29, 1.82) is 0 Å². The summed E-state index contributed by atoms with van der Waals surface area (Å²) in [6, 6.07) is 0. The summed E-state index contributed by atoms with van der Waals surface area (Å²) in [6.45, 7) is 0.275. The van der Waals surface area contributed by atoms with E-state index in [1.807, 2.05) is 0 Å². The molecule has 3 aliphatic rings. The molecule has 0 radical (unpaired) electrons. The molecule has 3 rings (SSSR count). The molecule has 3 fully saturated rings. The number of allylic oxidation sites excluding steroid dienone is 1. The fraction of sp³-hybridized carbons (Fsp3) is 0.833. The first-order valence-corrected chi connectivity index (χ1v) is 12.6. The van der Waals surface area contributed by atoms with Crippen LogP contribution in [0.25, 0.3) is 0 Å². The topological polar surface area (TPSA) is 233 Å². The van der Waals surface area contributed by atoms with Gasteiger partial charge in [0.15, 0.2) is 12.6 Å². The van der Waals surface area contributed by atoms with Gasteiger partial charge in [-0.3, -0.25) is 9.59 Å². The first-order valence-electron chi connectivity index (χ1n) is 12.6. The fourth-order valence-electron chi connectivity index (χ4n) is 5.25. The average molecular weight is 551 g/mol. The van der Waals surface area contributed by atoms with Gasteiger partial charge in [-0.05, 0) is 25.7 Å². The number of carbonyl (C=O) groups is 2. The van der Waals surface area contributed by atoms with Crippen LogP contribution in [0.3, 0.4) is 0 Å². The molecule has 2 heterocycles. The van der Waals surface area contributed by atoms with Crippen LogP contribution in [0.4, 0.5) is 0 Å². The highest BCUT2D eigenvalue weighted by molar-refractivity contribution is 5.84. The van der Waals surface area contributed by atoms with Crippen LogP contribution < -0.4 is 0 Å². The first kappa shape index (κ1) is 31.0. The second-order valence-electron chi connectivity index (χ2n) is 9.91. The Kier molecular flexibility index (Phi) is 11.1. The molecule has 14 nitrogen and oxygen atoms in total.